The van der Waals surface area contributed by atoms with Gasteiger partial charge in [0.2, 0.25) is 5.91 Å². The number of carbonyl (C=O) groups is 1. The van der Waals surface area contributed by atoms with E-state index in [0.717, 1.165) is 6.42 Å². The molecular formula is C16H25N3O2. The summed E-state index contributed by atoms with van der Waals surface area (Å²) in [6.07, 6.45) is 0.835. The first kappa shape index (κ1) is 15.9. The van der Waals surface area contributed by atoms with E-state index in [1.807, 2.05) is 12.1 Å². The number of hydrogen-bond donors (Lipinski definition) is 2. The van der Waals surface area contributed by atoms with Gasteiger partial charge in [-0.1, -0.05) is 31.2 Å². The highest BCUT2D eigenvalue weighted by Crippen LogP contribution is 2.30. The Bertz CT molecular complexity index is 492. The number of rotatable bonds is 5. The fraction of sp³-hybridized carbons (Fsp3) is 0.562. The number of carbonyl (C=O) groups excluding carboxylic acids is 1. The van der Waals surface area contributed by atoms with Crippen molar-refractivity contribution in [3.63, 3.8) is 0 Å². The SMILES string of the molecule is CCC(N)C(c1ccccc1C)N1CCOCC1C(N)=O. The molecule has 0 aliphatic carbocycles. The van der Waals surface area contributed by atoms with Gasteiger partial charge in [-0.25, -0.2) is 0 Å². The summed E-state index contributed by atoms with van der Waals surface area (Å²) in [5.41, 5.74) is 14.3. The minimum Gasteiger partial charge on any atom is -0.378 e. The summed E-state index contributed by atoms with van der Waals surface area (Å²) in [4.78, 5) is 13.9. The lowest BCUT2D eigenvalue weighted by molar-refractivity contribution is -0.132. The minimum atomic E-state index is -0.416. The van der Waals surface area contributed by atoms with E-state index in [4.69, 9.17) is 16.2 Å². The van der Waals surface area contributed by atoms with E-state index < -0.39 is 6.04 Å². The van der Waals surface area contributed by atoms with Crippen molar-refractivity contribution >= 4 is 5.91 Å². The summed E-state index contributed by atoms with van der Waals surface area (Å²) in [6, 6.07) is 7.70. The monoisotopic (exact) mass is 291 g/mol. The first-order valence-corrected chi connectivity index (χ1v) is 7.50. The normalized spacial score (nSPS) is 22.7. The summed E-state index contributed by atoms with van der Waals surface area (Å²) < 4.78 is 5.42. The second kappa shape index (κ2) is 7.02. The fourth-order valence-corrected chi connectivity index (χ4v) is 2.99. The molecule has 1 fully saturated rings. The van der Waals surface area contributed by atoms with Crippen molar-refractivity contribution in [2.45, 2.75) is 38.4 Å². The first-order chi connectivity index (χ1) is 10.1. The zero-order valence-corrected chi connectivity index (χ0v) is 12.8. The molecule has 4 N–H and O–H groups in total. The van der Waals surface area contributed by atoms with E-state index in [2.05, 4.69) is 30.9 Å². The third-order valence-electron chi connectivity index (χ3n) is 4.24. The molecule has 0 saturated carbocycles. The highest BCUT2D eigenvalue weighted by Gasteiger charge is 2.36. The van der Waals surface area contributed by atoms with Gasteiger partial charge in [0.15, 0.2) is 0 Å². The molecule has 5 nitrogen and oxygen atoms in total. The van der Waals surface area contributed by atoms with Crippen LogP contribution in [0.3, 0.4) is 0 Å². The number of ether oxygens (including phenoxy) is 1. The van der Waals surface area contributed by atoms with Gasteiger partial charge in [-0.3, -0.25) is 9.69 Å². The van der Waals surface area contributed by atoms with E-state index in [-0.39, 0.29) is 18.0 Å². The third kappa shape index (κ3) is 3.43. The number of hydrogen-bond acceptors (Lipinski definition) is 4. The second-order valence-electron chi connectivity index (χ2n) is 5.60. The standard InChI is InChI=1S/C16H25N3O2/c1-3-13(17)15(12-7-5-4-6-11(12)2)19-8-9-21-10-14(19)16(18)20/h4-7,13-15H,3,8-10,17H2,1-2H3,(H2,18,20). The van der Waals surface area contributed by atoms with Crippen LogP contribution in [0.4, 0.5) is 0 Å². The molecule has 1 aromatic rings. The summed E-state index contributed by atoms with van der Waals surface area (Å²) in [7, 11) is 0. The predicted molar refractivity (Wildman–Crippen MR) is 82.7 cm³/mol. The first-order valence-electron chi connectivity index (χ1n) is 7.50. The third-order valence-corrected chi connectivity index (χ3v) is 4.24. The van der Waals surface area contributed by atoms with Gasteiger partial charge in [0.05, 0.1) is 19.3 Å². The molecule has 3 unspecified atom stereocenters. The Morgan fingerprint density at radius 1 is 1.48 bits per heavy atom. The molecular weight excluding hydrogens is 266 g/mol. The molecule has 1 aliphatic rings. The lowest BCUT2D eigenvalue weighted by Gasteiger charge is -2.42. The maximum absolute atomic E-state index is 11.8. The van der Waals surface area contributed by atoms with Gasteiger partial charge in [0.25, 0.3) is 0 Å². The minimum absolute atomic E-state index is 0.0161. The lowest BCUT2D eigenvalue weighted by atomic mass is 9.91. The Hall–Kier alpha value is -1.43. The largest absolute Gasteiger partial charge is 0.378 e. The molecule has 3 atom stereocenters. The zero-order valence-electron chi connectivity index (χ0n) is 12.8. The summed E-state index contributed by atoms with van der Waals surface area (Å²) in [5, 5.41) is 0. The summed E-state index contributed by atoms with van der Waals surface area (Å²) in [5.74, 6) is -0.350. The van der Waals surface area contributed by atoms with Gasteiger partial charge >= 0.3 is 0 Å². The molecule has 116 valence electrons. The van der Waals surface area contributed by atoms with E-state index in [1.54, 1.807) is 0 Å². The van der Waals surface area contributed by atoms with Crippen LogP contribution >= 0.6 is 0 Å². The van der Waals surface area contributed by atoms with Crippen molar-refractivity contribution in [3.05, 3.63) is 35.4 Å². The Balaban J connectivity index is 2.39. The molecule has 1 aliphatic heterocycles. The van der Waals surface area contributed by atoms with Crippen LogP contribution in [-0.4, -0.2) is 42.6 Å². The average Bonchev–Trinajstić information content (AvgIpc) is 2.49. The number of aryl methyl sites for hydroxylation is 1. The van der Waals surface area contributed by atoms with Crippen LogP contribution in [0.2, 0.25) is 0 Å². The number of amides is 1. The quantitative estimate of drug-likeness (QED) is 0.846. The molecule has 0 aromatic heterocycles. The van der Waals surface area contributed by atoms with E-state index in [1.165, 1.54) is 11.1 Å². The van der Waals surface area contributed by atoms with Crippen LogP contribution in [0, 0.1) is 6.92 Å². The van der Waals surface area contributed by atoms with Crippen molar-refractivity contribution in [2.75, 3.05) is 19.8 Å². The van der Waals surface area contributed by atoms with Crippen LogP contribution in [0.5, 0.6) is 0 Å². The molecule has 1 aromatic carbocycles. The van der Waals surface area contributed by atoms with E-state index in [0.29, 0.717) is 19.8 Å². The predicted octanol–water partition coefficient (Wildman–Crippen LogP) is 0.960. The molecule has 21 heavy (non-hydrogen) atoms. The van der Waals surface area contributed by atoms with Crippen LogP contribution in [-0.2, 0) is 9.53 Å². The highest BCUT2D eigenvalue weighted by molar-refractivity contribution is 5.80. The molecule has 2 rings (SSSR count). The van der Waals surface area contributed by atoms with Gasteiger partial charge in [0, 0.05) is 12.6 Å². The van der Waals surface area contributed by atoms with Crippen molar-refractivity contribution < 1.29 is 9.53 Å². The Labute approximate surface area is 126 Å². The maximum Gasteiger partial charge on any atom is 0.237 e. The van der Waals surface area contributed by atoms with Crippen LogP contribution in [0.15, 0.2) is 24.3 Å². The molecule has 0 radical (unpaired) electrons. The van der Waals surface area contributed by atoms with Crippen molar-refractivity contribution in [2.24, 2.45) is 11.5 Å². The van der Waals surface area contributed by atoms with Crippen LogP contribution < -0.4 is 11.5 Å². The number of nitrogens with two attached hydrogens (primary N) is 2. The maximum atomic E-state index is 11.8. The van der Waals surface area contributed by atoms with Crippen molar-refractivity contribution in [1.29, 1.82) is 0 Å². The molecule has 5 heteroatoms. The molecule has 1 amide bonds. The lowest BCUT2D eigenvalue weighted by Crippen LogP contribution is -2.56. The zero-order chi connectivity index (χ0) is 15.4. The van der Waals surface area contributed by atoms with Gasteiger partial charge in [0.1, 0.15) is 6.04 Å². The number of nitrogens with zero attached hydrogens (tertiary/aromatic N) is 1. The van der Waals surface area contributed by atoms with Gasteiger partial charge < -0.3 is 16.2 Å². The Kier molecular flexibility index (Phi) is 5.33. The molecule has 0 spiro atoms. The number of benzene rings is 1. The number of morpholine rings is 1. The topological polar surface area (TPSA) is 81.6 Å². The van der Waals surface area contributed by atoms with Crippen LogP contribution in [0.1, 0.15) is 30.5 Å². The highest BCUT2D eigenvalue weighted by atomic mass is 16.5. The summed E-state index contributed by atoms with van der Waals surface area (Å²) >= 11 is 0. The van der Waals surface area contributed by atoms with Crippen LogP contribution in [0.25, 0.3) is 0 Å². The van der Waals surface area contributed by atoms with E-state index >= 15 is 0 Å². The molecule has 1 heterocycles. The van der Waals surface area contributed by atoms with Gasteiger partial charge in [-0.2, -0.15) is 0 Å². The molecule has 1 saturated heterocycles. The van der Waals surface area contributed by atoms with E-state index in [9.17, 15) is 4.79 Å². The second-order valence-corrected chi connectivity index (χ2v) is 5.60. The molecule has 0 bridgehead atoms. The average molecular weight is 291 g/mol. The van der Waals surface area contributed by atoms with Crippen molar-refractivity contribution in [3.8, 4) is 0 Å². The van der Waals surface area contributed by atoms with Gasteiger partial charge in [-0.15, -0.1) is 0 Å². The fourth-order valence-electron chi connectivity index (χ4n) is 2.99. The summed E-state index contributed by atoms with van der Waals surface area (Å²) in [6.45, 7) is 5.75. The number of primary amides is 1. The van der Waals surface area contributed by atoms with Gasteiger partial charge in [-0.05, 0) is 24.5 Å². The Morgan fingerprint density at radius 3 is 2.81 bits per heavy atom. The van der Waals surface area contributed by atoms with Crippen molar-refractivity contribution in [1.82, 2.24) is 4.90 Å². The smallest absolute Gasteiger partial charge is 0.237 e. The Morgan fingerprint density at radius 2 is 2.19 bits per heavy atom.